The molecule has 0 unspecified atom stereocenters. The molecule has 0 aliphatic heterocycles. The maximum atomic E-state index is 5.97. The molecule has 1 aromatic carbocycles. The second-order valence-electron chi connectivity index (χ2n) is 3.77. The van der Waals surface area contributed by atoms with Crippen LogP contribution in [-0.4, -0.2) is 17.1 Å². The van der Waals surface area contributed by atoms with Gasteiger partial charge in [0.1, 0.15) is 16.4 Å². The fourth-order valence-electron chi connectivity index (χ4n) is 1.82. The molecule has 0 fully saturated rings. The second-order valence-corrected chi connectivity index (χ2v) is 4.68. The zero-order chi connectivity index (χ0) is 12.5. The molecule has 18 heavy (non-hydrogen) atoms. The molecule has 0 saturated heterocycles. The average molecular weight is 257 g/mol. The molecule has 90 valence electrons. The van der Waals surface area contributed by atoms with E-state index in [0.717, 1.165) is 21.5 Å². The van der Waals surface area contributed by atoms with Crippen molar-refractivity contribution in [3.8, 4) is 16.5 Å². The molecular weight excluding hydrogens is 246 g/mol. The first-order valence-corrected chi connectivity index (χ1v) is 6.31. The Hall–Kier alpha value is -2.14. The van der Waals surface area contributed by atoms with Crippen LogP contribution in [0.5, 0.6) is 5.75 Å². The van der Waals surface area contributed by atoms with Gasteiger partial charge in [0.15, 0.2) is 5.82 Å². The molecule has 4 nitrogen and oxygen atoms in total. The first kappa shape index (κ1) is 11.0. The van der Waals surface area contributed by atoms with Crippen LogP contribution in [-0.2, 0) is 0 Å². The van der Waals surface area contributed by atoms with Crippen LogP contribution < -0.4 is 10.5 Å². The van der Waals surface area contributed by atoms with Crippen LogP contribution >= 0.6 is 11.3 Å². The number of fused-ring (bicyclic) bond motifs is 1. The fraction of sp³-hybridized carbons (Fsp3) is 0.0769. The molecule has 2 aromatic heterocycles. The number of nitrogen functional groups attached to an aromatic ring is 1. The van der Waals surface area contributed by atoms with E-state index in [1.165, 1.54) is 11.3 Å². The van der Waals surface area contributed by atoms with Gasteiger partial charge >= 0.3 is 0 Å². The Morgan fingerprint density at radius 2 is 2.00 bits per heavy atom. The van der Waals surface area contributed by atoms with Crippen LogP contribution in [0.3, 0.4) is 0 Å². The van der Waals surface area contributed by atoms with Gasteiger partial charge in [0.2, 0.25) is 0 Å². The number of nitrogens with two attached hydrogens (primary N) is 1. The summed E-state index contributed by atoms with van der Waals surface area (Å²) in [5.41, 5.74) is 6.81. The smallest absolute Gasteiger partial charge is 0.176 e. The van der Waals surface area contributed by atoms with Crippen molar-refractivity contribution in [3.05, 3.63) is 35.7 Å². The lowest BCUT2D eigenvalue weighted by atomic mass is 10.2. The van der Waals surface area contributed by atoms with Crippen molar-refractivity contribution in [1.82, 2.24) is 9.97 Å². The van der Waals surface area contributed by atoms with Gasteiger partial charge in [-0.25, -0.2) is 9.97 Å². The number of thiophene rings is 1. The van der Waals surface area contributed by atoms with Crippen molar-refractivity contribution in [2.45, 2.75) is 0 Å². The lowest BCUT2D eigenvalue weighted by molar-refractivity contribution is 0.418. The summed E-state index contributed by atoms with van der Waals surface area (Å²) in [4.78, 5) is 9.77. The Morgan fingerprint density at radius 3 is 2.83 bits per heavy atom. The van der Waals surface area contributed by atoms with E-state index in [1.54, 1.807) is 7.11 Å². The zero-order valence-corrected chi connectivity index (χ0v) is 10.6. The van der Waals surface area contributed by atoms with Gasteiger partial charge in [-0.15, -0.1) is 11.3 Å². The van der Waals surface area contributed by atoms with Crippen LogP contribution in [0.4, 0.5) is 5.82 Å². The van der Waals surface area contributed by atoms with E-state index < -0.39 is 0 Å². The minimum Gasteiger partial charge on any atom is -0.495 e. The summed E-state index contributed by atoms with van der Waals surface area (Å²) in [5, 5.41) is 2.82. The Morgan fingerprint density at radius 1 is 1.17 bits per heavy atom. The molecule has 0 radical (unpaired) electrons. The van der Waals surface area contributed by atoms with Crippen molar-refractivity contribution in [2.75, 3.05) is 12.8 Å². The summed E-state index contributed by atoms with van der Waals surface area (Å²) < 4.78 is 5.28. The normalized spacial score (nSPS) is 10.7. The van der Waals surface area contributed by atoms with Crippen LogP contribution in [0.2, 0.25) is 0 Å². The van der Waals surface area contributed by atoms with Crippen LogP contribution in [0.1, 0.15) is 0 Å². The molecule has 0 aliphatic rings. The fourth-order valence-corrected chi connectivity index (χ4v) is 2.62. The molecule has 0 saturated carbocycles. The van der Waals surface area contributed by atoms with Gasteiger partial charge in [-0.05, 0) is 23.6 Å². The predicted molar refractivity (Wildman–Crippen MR) is 73.8 cm³/mol. The van der Waals surface area contributed by atoms with E-state index in [4.69, 9.17) is 10.5 Å². The molecule has 3 aromatic rings. The van der Waals surface area contributed by atoms with Crippen LogP contribution in [0, 0.1) is 0 Å². The number of hydrogen-bond acceptors (Lipinski definition) is 5. The highest BCUT2D eigenvalue weighted by Crippen LogP contribution is 2.34. The van der Waals surface area contributed by atoms with Gasteiger partial charge < -0.3 is 10.5 Å². The minimum absolute atomic E-state index is 0.492. The highest BCUT2D eigenvalue weighted by atomic mass is 32.1. The SMILES string of the molecule is COc1ccsc1-c1nc(N)c2ccccc2n1. The van der Waals surface area contributed by atoms with Crippen molar-refractivity contribution < 1.29 is 4.74 Å². The number of methoxy groups -OCH3 is 1. The van der Waals surface area contributed by atoms with Gasteiger partial charge in [-0.3, -0.25) is 0 Å². The summed E-state index contributed by atoms with van der Waals surface area (Å²) in [6.45, 7) is 0. The Bertz CT molecular complexity index is 708. The monoisotopic (exact) mass is 257 g/mol. The number of rotatable bonds is 2. The highest BCUT2D eigenvalue weighted by Gasteiger charge is 2.12. The highest BCUT2D eigenvalue weighted by molar-refractivity contribution is 7.13. The molecule has 0 spiro atoms. The average Bonchev–Trinajstić information content (AvgIpc) is 2.87. The van der Waals surface area contributed by atoms with Crippen LogP contribution in [0.25, 0.3) is 21.6 Å². The second kappa shape index (κ2) is 4.27. The van der Waals surface area contributed by atoms with E-state index in [0.29, 0.717) is 11.6 Å². The van der Waals surface area contributed by atoms with Gasteiger partial charge in [-0.2, -0.15) is 0 Å². The maximum Gasteiger partial charge on any atom is 0.176 e. The Balaban J connectivity index is 2.25. The number of para-hydroxylation sites is 1. The number of anilines is 1. The summed E-state index contributed by atoms with van der Waals surface area (Å²) >= 11 is 1.54. The third-order valence-corrected chi connectivity index (χ3v) is 3.58. The Kier molecular flexibility index (Phi) is 2.60. The number of hydrogen-bond donors (Lipinski definition) is 1. The van der Waals surface area contributed by atoms with Crippen molar-refractivity contribution in [2.24, 2.45) is 0 Å². The molecule has 2 N–H and O–H groups in total. The van der Waals surface area contributed by atoms with Gasteiger partial charge in [0, 0.05) is 5.39 Å². The number of ether oxygens (including phenoxy) is 1. The molecule has 0 bridgehead atoms. The van der Waals surface area contributed by atoms with E-state index in [2.05, 4.69) is 9.97 Å². The molecule has 3 rings (SSSR count). The third-order valence-electron chi connectivity index (χ3n) is 2.68. The number of aromatic nitrogens is 2. The third kappa shape index (κ3) is 1.69. The summed E-state index contributed by atoms with van der Waals surface area (Å²) in [6.07, 6.45) is 0. The predicted octanol–water partition coefficient (Wildman–Crippen LogP) is 2.95. The van der Waals surface area contributed by atoms with Crippen molar-refractivity contribution in [1.29, 1.82) is 0 Å². The standard InChI is InChI=1S/C13H11N3OS/c1-17-10-6-7-18-11(10)13-15-9-5-3-2-4-8(9)12(14)16-13/h2-7H,1H3,(H2,14,15,16). The number of benzene rings is 1. The Labute approximate surface area is 108 Å². The van der Waals surface area contributed by atoms with Crippen LogP contribution in [0.15, 0.2) is 35.7 Å². The largest absolute Gasteiger partial charge is 0.495 e. The molecule has 2 heterocycles. The van der Waals surface area contributed by atoms with E-state index in [9.17, 15) is 0 Å². The molecular formula is C13H11N3OS. The molecule has 0 amide bonds. The van der Waals surface area contributed by atoms with E-state index in [1.807, 2.05) is 35.7 Å². The topological polar surface area (TPSA) is 61.0 Å². The van der Waals surface area contributed by atoms with E-state index >= 15 is 0 Å². The van der Waals surface area contributed by atoms with Crippen molar-refractivity contribution in [3.63, 3.8) is 0 Å². The summed E-state index contributed by atoms with van der Waals surface area (Å²) in [7, 11) is 1.63. The van der Waals surface area contributed by atoms with Gasteiger partial charge in [0.05, 0.1) is 12.6 Å². The molecule has 0 atom stereocenters. The lowest BCUT2D eigenvalue weighted by Crippen LogP contribution is -1.97. The van der Waals surface area contributed by atoms with Gasteiger partial charge in [0.25, 0.3) is 0 Å². The molecule has 5 heteroatoms. The van der Waals surface area contributed by atoms with Gasteiger partial charge in [-0.1, -0.05) is 12.1 Å². The summed E-state index contributed by atoms with van der Waals surface area (Å²) in [6, 6.07) is 9.60. The summed E-state index contributed by atoms with van der Waals surface area (Å²) in [5.74, 6) is 1.87. The van der Waals surface area contributed by atoms with Crippen molar-refractivity contribution >= 4 is 28.1 Å². The zero-order valence-electron chi connectivity index (χ0n) is 9.75. The minimum atomic E-state index is 0.492. The first-order valence-electron chi connectivity index (χ1n) is 5.43. The lowest BCUT2D eigenvalue weighted by Gasteiger charge is -2.05. The maximum absolute atomic E-state index is 5.97. The number of nitrogens with zero attached hydrogens (tertiary/aromatic N) is 2. The molecule has 0 aliphatic carbocycles. The quantitative estimate of drug-likeness (QED) is 0.766. The first-order chi connectivity index (χ1) is 8.79. The van der Waals surface area contributed by atoms with E-state index in [-0.39, 0.29) is 0 Å².